The van der Waals surface area contributed by atoms with Gasteiger partial charge in [0, 0.05) is 22.9 Å². The van der Waals surface area contributed by atoms with Crippen LogP contribution in [-0.2, 0) is 12.3 Å². The summed E-state index contributed by atoms with van der Waals surface area (Å²) in [6.45, 7) is 7.28. The molecular weight excluding hydrogens is 557 g/mol. The molecule has 1 aliphatic rings. The zero-order valence-corrected chi connectivity index (χ0v) is 26.1. The molecule has 1 atom stereocenters. The Balaban J connectivity index is 1.34. The van der Waals surface area contributed by atoms with Gasteiger partial charge in [0.2, 0.25) is 0 Å². The van der Waals surface area contributed by atoms with Gasteiger partial charge in [-0.3, -0.25) is 9.13 Å². The van der Waals surface area contributed by atoms with Gasteiger partial charge in [-0.25, -0.2) is 4.79 Å². The zero-order chi connectivity index (χ0) is 29.9. The molecule has 0 saturated carbocycles. The molecule has 8 rings (SSSR count). The molecule has 7 aromatic rings. The maximum atomic E-state index is 13.7. The molecule has 4 heteroatoms. The lowest BCUT2D eigenvalue weighted by Crippen LogP contribution is -2.27. The van der Waals surface area contributed by atoms with E-state index in [0.29, 0.717) is 5.92 Å². The monoisotopic (exact) mass is 590 g/mol. The number of nitrogens with zero attached hydrogens (tertiary/aromatic N) is 2. The molecule has 0 bridgehead atoms. The van der Waals surface area contributed by atoms with Gasteiger partial charge in [0.15, 0.2) is 0 Å². The van der Waals surface area contributed by atoms with E-state index in [0.717, 1.165) is 40.7 Å². The second kappa shape index (κ2) is 10.6. The lowest BCUT2D eigenvalue weighted by Gasteiger charge is -2.21. The van der Waals surface area contributed by atoms with Crippen LogP contribution in [-0.4, -0.2) is 9.13 Å². The minimum absolute atomic E-state index is 0.0859. The first-order chi connectivity index (χ1) is 21.5. The van der Waals surface area contributed by atoms with Gasteiger partial charge in [-0.05, 0) is 85.6 Å². The van der Waals surface area contributed by atoms with E-state index < -0.39 is 0 Å². The molecule has 1 unspecified atom stereocenters. The first-order valence-corrected chi connectivity index (χ1v) is 16.5. The maximum Gasteiger partial charge on any atom is 0.333 e. The Morgan fingerprint density at radius 2 is 1.30 bits per heavy atom. The summed E-state index contributed by atoms with van der Waals surface area (Å²) >= 11 is 1.84. The number of benzene rings is 6. The predicted octanol–water partition coefficient (Wildman–Crippen LogP) is 10.4. The highest BCUT2D eigenvalue weighted by molar-refractivity contribution is 7.98. The van der Waals surface area contributed by atoms with Crippen molar-refractivity contribution in [2.75, 3.05) is 0 Å². The molecule has 0 fully saturated rings. The number of imidazole rings is 1. The number of hydrogen-bond acceptors (Lipinski definition) is 2. The van der Waals surface area contributed by atoms with Gasteiger partial charge in [0.25, 0.3) is 0 Å². The lowest BCUT2D eigenvalue weighted by molar-refractivity contribution is 0.453. The molecule has 1 aliphatic heterocycles. The van der Waals surface area contributed by atoms with Crippen molar-refractivity contribution in [1.29, 1.82) is 0 Å². The van der Waals surface area contributed by atoms with Crippen molar-refractivity contribution in [2.24, 2.45) is 5.92 Å². The summed E-state index contributed by atoms with van der Waals surface area (Å²) in [5.74, 6) is 1.26. The second-order valence-electron chi connectivity index (χ2n) is 12.1. The number of rotatable bonds is 5. The maximum absolute atomic E-state index is 13.7. The van der Waals surface area contributed by atoms with Gasteiger partial charge in [0.1, 0.15) is 0 Å². The fourth-order valence-corrected chi connectivity index (χ4v) is 8.13. The van der Waals surface area contributed by atoms with Crippen molar-refractivity contribution < 1.29 is 0 Å². The van der Waals surface area contributed by atoms with Crippen LogP contribution in [0, 0.1) is 12.8 Å². The molecule has 0 aliphatic carbocycles. The van der Waals surface area contributed by atoms with Crippen molar-refractivity contribution in [3.8, 4) is 27.9 Å². The second-order valence-corrected chi connectivity index (χ2v) is 13.2. The molecule has 44 heavy (non-hydrogen) atoms. The molecule has 1 aromatic heterocycles. The zero-order valence-electron chi connectivity index (χ0n) is 25.3. The Labute approximate surface area is 261 Å². The Morgan fingerprint density at radius 3 is 1.93 bits per heavy atom. The Hall–Kier alpha value is -4.54. The number of fused-ring (bicyclic) bond motifs is 6. The standard InChI is InChI=1S/C40H34N2OS/c1-4-25(2)23-41-26(3)36-24-44-37-22-30(19-20-35(37)42(36)40(41)43)39-33-15-9-7-13-31(33)38(32-14-8-10-16-34(32)39)29-18-17-27-11-5-6-12-28(27)21-29/h5-22,25H,4,23-24H2,1-3H3. The fraction of sp³-hybridized carbons (Fsp3) is 0.175. The van der Waals surface area contributed by atoms with Crippen molar-refractivity contribution in [3.05, 3.63) is 131 Å². The molecule has 0 spiro atoms. The number of thioether (sulfide) groups is 1. The highest BCUT2D eigenvalue weighted by Crippen LogP contribution is 2.46. The molecule has 0 amide bonds. The summed E-state index contributed by atoms with van der Waals surface area (Å²) in [4.78, 5) is 14.9. The highest BCUT2D eigenvalue weighted by Gasteiger charge is 2.26. The Kier molecular flexibility index (Phi) is 6.50. The number of aromatic nitrogens is 2. The van der Waals surface area contributed by atoms with E-state index in [9.17, 15) is 4.79 Å². The third-order valence-corrected chi connectivity index (χ3v) is 10.6. The van der Waals surface area contributed by atoms with E-state index in [4.69, 9.17) is 0 Å². The van der Waals surface area contributed by atoms with Crippen LogP contribution < -0.4 is 5.69 Å². The third kappa shape index (κ3) is 4.16. The predicted molar refractivity (Wildman–Crippen MR) is 187 cm³/mol. The molecule has 2 heterocycles. The summed E-state index contributed by atoms with van der Waals surface area (Å²) in [6, 6.07) is 39.7. The molecule has 0 N–H and O–H groups in total. The number of hydrogen-bond donors (Lipinski definition) is 0. The van der Waals surface area contributed by atoms with Crippen LogP contribution in [0.2, 0.25) is 0 Å². The summed E-state index contributed by atoms with van der Waals surface area (Å²) in [5, 5.41) is 7.47. The van der Waals surface area contributed by atoms with Gasteiger partial charge in [-0.2, -0.15) is 0 Å². The largest absolute Gasteiger partial charge is 0.333 e. The average Bonchev–Trinajstić information content (AvgIpc) is 3.31. The van der Waals surface area contributed by atoms with E-state index in [1.165, 1.54) is 54.6 Å². The minimum atomic E-state index is 0.0859. The van der Waals surface area contributed by atoms with Crippen molar-refractivity contribution >= 4 is 44.1 Å². The van der Waals surface area contributed by atoms with Gasteiger partial charge in [-0.15, -0.1) is 11.8 Å². The first-order valence-electron chi connectivity index (χ1n) is 15.5. The Bertz CT molecular complexity index is 2250. The minimum Gasteiger partial charge on any atom is -0.296 e. The van der Waals surface area contributed by atoms with E-state index in [1.54, 1.807) is 0 Å². The summed E-state index contributed by atoms with van der Waals surface area (Å²) < 4.78 is 3.95. The van der Waals surface area contributed by atoms with Crippen LogP contribution in [0.3, 0.4) is 0 Å². The van der Waals surface area contributed by atoms with E-state index in [-0.39, 0.29) is 5.69 Å². The van der Waals surface area contributed by atoms with E-state index in [2.05, 4.69) is 130 Å². The van der Waals surface area contributed by atoms with Gasteiger partial charge < -0.3 is 0 Å². The first kappa shape index (κ1) is 27.0. The highest BCUT2D eigenvalue weighted by atomic mass is 32.2. The van der Waals surface area contributed by atoms with Gasteiger partial charge in [-0.1, -0.05) is 111 Å². The fourth-order valence-electron chi connectivity index (χ4n) is 6.98. The summed E-state index contributed by atoms with van der Waals surface area (Å²) in [5.41, 5.74) is 8.23. The van der Waals surface area contributed by atoms with Crippen molar-refractivity contribution in [1.82, 2.24) is 9.13 Å². The van der Waals surface area contributed by atoms with Gasteiger partial charge >= 0.3 is 5.69 Å². The van der Waals surface area contributed by atoms with Gasteiger partial charge in [0.05, 0.1) is 11.4 Å². The molecule has 216 valence electrons. The van der Waals surface area contributed by atoms with Crippen LogP contribution in [0.4, 0.5) is 0 Å². The topological polar surface area (TPSA) is 26.9 Å². The SMILES string of the molecule is CCC(C)Cn1c(C)c2n(c1=O)-c1ccc(-c3c4ccccc4c(-c4ccc5ccccc5c4)c4ccccc34)cc1SC2. The molecular formula is C40H34N2OS. The van der Waals surface area contributed by atoms with E-state index in [1.807, 2.05) is 20.9 Å². The van der Waals surface area contributed by atoms with Crippen LogP contribution in [0.15, 0.2) is 119 Å². The van der Waals surface area contributed by atoms with Crippen LogP contribution in [0.5, 0.6) is 0 Å². The molecule has 0 radical (unpaired) electrons. The van der Waals surface area contributed by atoms with Crippen molar-refractivity contribution in [3.63, 3.8) is 0 Å². The van der Waals surface area contributed by atoms with Crippen molar-refractivity contribution in [2.45, 2.75) is 44.4 Å². The molecule has 0 saturated heterocycles. The quantitative estimate of drug-likeness (QED) is 0.187. The van der Waals surface area contributed by atoms with E-state index >= 15 is 0 Å². The van der Waals surface area contributed by atoms with Crippen LogP contribution in [0.1, 0.15) is 31.7 Å². The van der Waals surface area contributed by atoms with Crippen LogP contribution in [0.25, 0.3) is 60.3 Å². The third-order valence-electron chi connectivity index (χ3n) is 9.53. The van der Waals surface area contributed by atoms with Crippen LogP contribution >= 0.6 is 11.8 Å². The average molecular weight is 591 g/mol. The lowest BCUT2D eigenvalue weighted by atomic mass is 9.85. The summed E-state index contributed by atoms with van der Waals surface area (Å²) in [6.07, 6.45) is 1.06. The molecule has 6 aromatic carbocycles. The smallest absolute Gasteiger partial charge is 0.296 e. The Morgan fingerprint density at radius 1 is 0.727 bits per heavy atom. The normalized spacial score (nSPS) is 13.3. The summed E-state index contributed by atoms with van der Waals surface area (Å²) in [7, 11) is 0. The molecule has 3 nitrogen and oxygen atoms in total.